The molecule has 1 rings (SSSR count). The van der Waals surface area contributed by atoms with Crippen molar-refractivity contribution in [2.75, 3.05) is 13.4 Å². The summed E-state index contributed by atoms with van der Waals surface area (Å²) >= 11 is 5.65. The first-order chi connectivity index (χ1) is 6.68. The van der Waals surface area contributed by atoms with Crippen LogP contribution in [0.1, 0.15) is 0 Å². The number of halogens is 1. The average Bonchev–Trinajstić information content (AvgIpc) is 2.15. The third-order valence-corrected chi connectivity index (χ3v) is 1.60. The van der Waals surface area contributed by atoms with E-state index in [0.29, 0.717) is 10.8 Å². The van der Waals surface area contributed by atoms with Crippen molar-refractivity contribution in [3.05, 3.63) is 29.3 Å². The molecule has 76 valence electrons. The Labute approximate surface area is 86.0 Å². The van der Waals surface area contributed by atoms with Gasteiger partial charge in [-0.1, -0.05) is 11.6 Å². The van der Waals surface area contributed by atoms with Crippen LogP contribution in [0, 0.1) is 0 Å². The summed E-state index contributed by atoms with van der Waals surface area (Å²) in [5, 5.41) is 8.86. The summed E-state index contributed by atoms with van der Waals surface area (Å²) in [5.41, 5.74) is 0. The van der Waals surface area contributed by atoms with E-state index in [2.05, 4.69) is 4.74 Å². The molecule has 0 saturated heterocycles. The third-order valence-electron chi connectivity index (χ3n) is 1.35. The lowest BCUT2D eigenvalue weighted by Crippen LogP contribution is -2.11. The summed E-state index contributed by atoms with van der Waals surface area (Å²) in [6, 6.07) is 6.70. The van der Waals surface area contributed by atoms with Crippen molar-refractivity contribution in [3.8, 4) is 5.75 Å². The molecule has 0 aromatic heterocycles. The maximum Gasteiger partial charge on any atom is 0.329 e. The van der Waals surface area contributed by atoms with E-state index in [1.807, 2.05) is 0 Å². The minimum Gasteiger partial charge on any atom is -0.480 e. The molecule has 0 bridgehead atoms. The quantitative estimate of drug-likeness (QED) is 0.602. The van der Waals surface area contributed by atoms with Crippen LogP contribution < -0.4 is 4.74 Å². The van der Waals surface area contributed by atoms with Gasteiger partial charge < -0.3 is 14.6 Å². The molecule has 0 atom stereocenters. The Balaban J connectivity index is 2.25. The van der Waals surface area contributed by atoms with E-state index >= 15 is 0 Å². The molecular formula is C9H9ClO4. The summed E-state index contributed by atoms with van der Waals surface area (Å²) < 4.78 is 9.74. The van der Waals surface area contributed by atoms with Crippen molar-refractivity contribution in [2.45, 2.75) is 0 Å². The molecule has 0 fully saturated rings. The minimum atomic E-state index is -1.02. The predicted octanol–water partition coefficient (Wildman–Crippen LogP) is 1.78. The lowest BCUT2D eigenvalue weighted by Gasteiger charge is -2.05. The van der Waals surface area contributed by atoms with Gasteiger partial charge >= 0.3 is 5.97 Å². The standard InChI is InChI=1S/C9H9ClO4/c10-7-1-3-8(4-2-7)14-6-13-5-9(11)12/h1-4H,5-6H2,(H,11,12). The van der Waals surface area contributed by atoms with E-state index in [4.69, 9.17) is 21.4 Å². The zero-order valence-corrected chi connectivity index (χ0v) is 8.03. The molecule has 1 aromatic rings. The highest BCUT2D eigenvalue weighted by Gasteiger charge is 1.97. The first-order valence-electron chi connectivity index (χ1n) is 3.86. The number of benzene rings is 1. The number of carboxylic acids is 1. The second-order valence-corrected chi connectivity index (χ2v) is 2.89. The van der Waals surface area contributed by atoms with E-state index in [9.17, 15) is 4.79 Å². The number of ether oxygens (including phenoxy) is 2. The molecule has 0 spiro atoms. The summed E-state index contributed by atoms with van der Waals surface area (Å²) in [4.78, 5) is 10.1. The van der Waals surface area contributed by atoms with Crippen LogP contribution in [0.25, 0.3) is 0 Å². The summed E-state index contributed by atoms with van der Waals surface area (Å²) in [7, 11) is 0. The topological polar surface area (TPSA) is 55.8 Å². The van der Waals surface area contributed by atoms with E-state index in [1.165, 1.54) is 0 Å². The van der Waals surface area contributed by atoms with Gasteiger partial charge in [-0.2, -0.15) is 0 Å². The van der Waals surface area contributed by atoms with Gasteiger partial charge in [-0.25, -0.2) is 4.79 Å². The number of carboxylic acid groups (broad SMARTS) is 1. The van der Waals surface area contributed by atoms with Gasteiger partial charge in [0.05, 0.1) is 0 Å². The van der Waals surface area contributed by atoms with E-state index in [1.54, 1.807) is 24.3 Å². The van der Waals surface area contributed by atoms with Crippen molar-refractivity contribution in [3.63, 3.8) is 0 Å². The maximum atomic E-state index is 10.1. The SMILES string of the molecule is O=C(O)COCOc1ccc(Cl)cc1. The van der Waals surface area contributed by atoms with Gasteiger partial charge in [0.2, 0.25) is 0 Å². The van der Waals surface area contributed by atoms with Crippen LogP contribution in [0.3, 0.4) is 0 Å². The molecule has 1 N–H and O–H groups in total. The first-order valence-corrected chi connectivity index (χ1v) is 4.24. The zero-order chi connectivity index (χ0) is 10.4. The lowest BCUT2D eigenvalue weighted by atomic mass is 10.3. The predicted molar refractivity (Wildman–Crippen MR) is 50.5 cm³/mol. The van der Waals surface area contributed by atoms with Crippen molar-refractivity contribution < 1.29 is 19.4 Å². The normalized spacial score (nSPS) is 9.79. The van der Waals surface area contributed by atoms with Crippen LogP contribution in [0.2, 0.25) is 5.02 Å². The molecule has 5 heteroatoms. The Morgan fingerprint density at radius 2 is 2.00 bits per heavy atom. The van der Waals surface area contributed by atoms with E-state index in [-0.39, 0.29) is 13.4 Å². The molecule has 0 heterocycles. The molecule has 1 aromatic carbocycles. The molecule has 14 heavy (non-hydrogen) atoms. The van der Waals surface area contributed by atoms with Crippen molar-refractivity contribution in [1.29, 1.82) is 0 Å². The van der Waals surface area contributed by atoms with Gasteiger partial charge in [0.25, 0.3) is 0 Å². The lowest BCUT2D eigenvalue weighted by molar-refractivity contribution is -0.144. The van der Waals surface area contributed by atoms with Crippen LogP contribution in [0.5, 0.6) is 5.75 Å². The molecule has 0 saturated carbocycles. The fourth-order valence-corrected chi connectivity index (χ4v) is 0.895. The van der Waals surface area contributed by atoms with Crippen molar-refractivity contribution in [2.24, 2.45) is 0 Å². The summed E-state index contributed by atoms with van der Waals surface area (Å²) in [5.74, 6) is -0.440. The molecule has 0 aliphatic heterocycles. The first kappa shape index (κ1) is 10.8. The molecular weight excluding hydrogens is 208 g/mol. The highest BCUT2D eigenvalue weighted by molar-refractivity contribution is 6.30. The van der Waals surface area contributed by atoms with Gasteiger partial charge in [0, 0.05) is 5.02 Å². The molecule has 0 aliphatic carbocycles. The highest BCUT2D eigenvalue weighted by Crippen LogP contribution is 2.15. The van der Waals surface area contributed by atoms with E-state index in [0.717, 1.165) is 0 Å². The van der Waals surface area contributed by atoms with Crippen LogP contribution in [0.4, 0.5) is 0 Å². The minimum absolute atomic E-state index is 0.0894. The molecule has 4 nitrogen and oxygen atoms in total. The maximum absolute atomic E-state index is 10.1. The number of hydrogen-bond acceptors (Lipinski definition) is 3. The monoisotopic (exact) mass is 216 g/mol. The van der Waals surface area contributed by atoms with Crippen molar-refractivity contribution >= 4 is 17.6 Å². The second-order valence-electron chi connectivity index (χ2n) is 2.46. The van der Waals surface area contributed by atoms with Gasteiger partial charge in [-0.3, -0.25) is 0 Å². The molecule has 0 radical (unpaired) electrons. The fraction of sp³-hybridized carbons (Fsp3) is 0.222. The van der Waals surface area contributed by atoms with Gasteiger partial charge in [0.1, 0.15) is 12.4 Å². The second kappa shape index (κ2) is 5.47. The Morgan fingerprint density at radius 3 is 2.57 bits per heavy atom. The molecule has 0 unspecified atom stereocenters. The smallest absolute Gasteiger partial charge is 0.329 e. The van der Waals surface area contributed by atoms with Gasteiger partial charge in [-0.15, -0.1) is 0 Å². The van der Waals surface area contributed by atoms with E-state index < -0.39 is 5.97 Å². The Morgan fingerprint density at radius 1 is 1.36 bits per heavy atom. The highest BCUT2D eigenvalue weighted by atomic mass is 35.5. The van der Waals surface area contributed by atoms with Crippen LogP contribution >= 0.6 is 11.6 Å². The Hall–Kier alpha value is -1.26. The van der Waals surface area contributed by atoms with Gasteiger partial charge in [-0.05, 0) is 24.3 Å². The molecule has 0 aliphatic rings. The largest absolute Gasteiger partial charge is 0.480 e. The molecule has 0 amide bonds. The van der Waals surface area contributed by atoms with Crippen LogP contribution in [-0.4, -0.2) is 24.5 Å². The Kier molecular flexibility index (Phi) is 4.22. The number of rotatable bonds is 5. The van der Waals surface area contributed by atoms with Crippen molar-refractivity contribution in [1.82, 2.24) is 0 Å². The van der Waals surface area contributed by atoms with Crippen LogP contribution in [0.15, 0.2) is 24.3 Å². The fourth-order valence-electron chi connectivity index (χ4n) is 0.770. The third kappa shape index (κ3) is 4.11. The number of carbonyl (C=O) groups is 1. The average molecular weight is 217 g/mol. The Bertz CT molecular complexity index is 296. The summed E-state index contributed by atoms with van der Waals surface area (Å²) in [6.45, 7) is -0.457. The summed E-state index contributed by atoms with van der Waals surface area (Å²) in [6.07, 6.45) is 0. The zero-order valence-electron chi connectivity index (χ0n) is 7.27. The number of hydrogen-bond donors (Lipinski definition) is 1. The van der Waals surface area contributed by atoms with Gasteiger partial charge in [0.15, 0.2) is 6.79 Å². The number of aliphatic carboxylic acids is 1. The van der Waals surface area contributed by atoms with Crippen LogP contribution in [-0.2, 0) is 9.53 Å².